The van der Waals surface area contributed by atoms with Gasteiger partial charge in [-0.15, -0.1) is 0 Å². The average molecular weight is 306 g/mol. The Morgan fingerprint density at radius 3 is 2.24 bits per heavy atom. The van der Waals surface area contributed by atoms with Gasteiger partial charge in [-0.3, -0.25) is 10.6 Å². The molecule has 0 saturated heterocycles. The number of hydrazine groups is 1. The molecule has 2 rings (SSSR count). The summed E-state index contributed by atoms with van der Waals surface area (Å²) in [6.07, 6.45) is 1.56. The molecule has 21 heavy (non-hydrogen) atoms. The second kappa shape index (κ2) is 5.71. The Morgan fingerprint density at radius 2 is 1.71 bits per heavy atom. The molecule has 2 aromatic rings. The number of aryl methyl sites for hydroxylation is 3. The van der Waals surface area contributed by atoms with Gasteiger partial charge in [-0.05, 0) is 61.7 Å². The molecule has 0 aliphatic carbocycles. The van der Waals surface area contributed by atoms with Gasteiger partial charge in [0.15, 0.2) is 0 Å². The van der Waals surface area contributed by atoms with E-state index in [1.807, 2.05) is 6.92 Å². The van der Waals surface area contributed by atoms with Gasteiger partial charge >= 0.3 is 0 Å². The van der Waals surface area contributed by atoms with Crippen LogP contribution < -0.4 is 16.0 Å². The van der Waals surface area contributed by atoms with Crippen molar-refractivity contribution in [1.82, 2.24) is 4.98 Å². The quantitative estimate of drug-likeness (QED) is 0.593. The topological polar surface area (TPSA) is 97.1 Å². The number of nitrogens with two attached hydrogens (primary N) is 1. The van der Waals surface area contributed by atoms with E-state index in [-0.39, 0.29) is 4.90 Å². The molecule has 0 unspecified atom stereocenters. The summed E-state index contributed by atoms with van der Waals surface area (Å²) < 4.78 is 27.6. The summed E-state index contributed by atoms with van der Waals surface area (Å²) in [6, 6.07) is 6.85. The predicted octanol–water partition coefficient (Wildman–Crippen LogP) is 2.09. The first kappa shape index (κ1) is 15.3. The lowest BCUT2D eigenvalue weighted by atomic mass is 10.1. The number of rotatable bonds is 4. The van der Waals surface area contributed by atoms with Crippen molar-refractivity contribution in [3.05, 3.63) is 47.2 Å². The van der Waals surface area contributed by atoms with Crippen molar-refractivity contribution in [3.8, 4) is 0 Å². The first-order chi connectivity index (χ1) is 9.83. The summed E-state index contributed by atoms with van der Waals surface area (Å²) in [4.78, 5) is 4.26. The third kappa shape index (κ3) is 3.32. The smallest absolute Gasteiger partial charge is 0.263 e. The van der Waals surface area contributed by atoms with Crippen molar-refractivity contribution in [2.24, 2.45) is 5.84 Å². The summed E-state index contributed by atoms with van der Waals surface area (Å²) >= 11 is 0. The highest BCUT2D eigenvalue weighted by Crippen LogP contribution is 2.25. The normalized spacial score (nSPS) is 11.2. The average Bonchev–Trinajstić information content (AvgIpc) is 2.36. The van der Waals surface area contributed by atoms with Gasteiger partial charge < -0.3 is 5.43 Å². The van der Waals surface area contributed by atoms with Gasteiger partial charge in [0.05, 0.1) is 4.90 Å². The first-order valence-electron chi connectivity index (χ1n) is 6.37. The third-order valence-corrected chi connectivity index (χ3v) is 4.71. The molecule has 0 spiro atoms. The summed E-state index contributed by atoms with van der Waals surface area (Å²) in [6.45, 7) is 5.33. The number of nitrogen functional groups attached to an aromatic ring is 1. The Bertz CT molecular complexity index is 749. The van der Waals surface area contributed by atoms with E-state index in [4.69, 9.17) is 5.84 Å². The third-order valence-electron chi connectivity index (χ3n) is 3.05. The molecule has 0 amide bonds. The van der Waals surface area contributed by atoms with Crippen LogP contribution >= 0.6 is 0 Å². The number of aromatic nitrogens is 1. The molecule has 112 valence electrons. The Hall–Kier alpha value is -2.12. The molecule has 1 heterocycles. The van der Waals surface area contributed by atoms with Crippen molar-refractivity contribution in [3.63, 3.8) is 0 Å². The Labute approximate surface area is 124 Å². The number of nitrogens with one attached hydrogen (secondary N) is 2. The molecule has 0 aliphatic heterocycles. The largest absolute Gasteiger partial charge is 0.324 e. The van der Waals surface area contributed by atoms with Gasteiger partial charge in [0.1, 0.15) is 5.82 Å². The molecule has 0 fully saturated rings. The highest BCUT2D eigenvalue weighted by Gasteiger charge is 2.20. The van der Waals surface area contributed by atoms with Crippen molar-refractivity contribution < 1.29 is 8.42 Å². The minimum absolute atomic E-state index is 0.241. The summed E-state index contributed by atoms with van der Waals surface area (Å²) in [5.74, 6) is 5.66. The molecule has 1 aromatic heterocycles. The highest BCUT2D eigenvalue weighted by molar-refractivity contribution is 7.92. The second-order valence-electron chi connectivity index (χ2n) is 4.91. The van der Waals surface area contributed by atoms with Gasteiger partial charge in [0.25, 0.3) is 10.0 Å². The Kier molecular flexibility index (Phi) is 4.15. The fourth-order valence-electron chi connectivity index (χ4n) is 2.24. The molecular formula is C14H18N4O2S. The number of hydrogen-bond acceptors (Lipinski definition) is 5. The molecule has 1 aromatic carbocycles. The van der Waals surface area contributed by atoms with E-state index in [1.165, 1.54) is 0 Å². The number of hydrogen-bond donors (Lipinski definition) is 3. The Morgan fingerprint density at radius 1 is 1.10 bits per heavy atom. The van der Waals surface area contributed by atoms with E-state index in [9.17, 15) is 8.42 Å². The van der Waals surface area contributed by atoms with Crippen molar-refractivity contribution in [2.45, 2.75) is 25.7 Å². The van der Waals surface area contributed by atoms with Gasteiger partial charge in [-0.1, -0.05) is 0 Å². The molecule has 6 nitrogen and oxygen atoms in total. The van der Waals surface area contributed by atoms with E-state index in [0.29, 0.717) is 22.6 Å². The lowest BCUT2D eigenvalue weighted by molar-refractivity contribution is 0.600. The van der Waals surface area contributed by atoms with Crippen LogP contribution in [0.5, 0.6) is 0 Å². The minimum atomic E-state index is -3.70. The van der Waals surface area contributed by atoms with E-state index >= 15 is 0 Å². The zero-order chi connectivity index (χ0) is 15.6. The molecular weight excluding hydrogens is 288 g/mol. The van der Waals surface area contributed by atoms with Crippen LogP contribution in [-0.4, -0.2) is 13.4 Å². The number of nitrogens with zero attached hydrogens (tertiary/aromatic N) is 1. The van der Waals surface area contributed by atoms with Crippen LogP contribution in [0.2, 0.25) is 0 Å². The van der Waals surface area contributed by atoms with Crippen LogP contribution in [-0.2, 0) is 10.0 Å². The molecule has 0 bridgehead atoms. The van der Waals surface area contributed by atoms with Crippen molar-refractivity contribution >= 4 is 21.5 Å². The van der Waals surface area contributed by atoms with Crippen LogP contribution in [0.1, 0.15) is 16.7 Å². The monoisotopic (exact) mass is 306 g/mol. The van der Waals surface area contributed by atoms with Crippen LogP contribution in [0.25, 0.3) is 0 Å². The van der Waals surface area contributed by atoms with Crippen molar-refractivity contribution in [1.29, 1.82) is 0 Å². The van der Waals surface area contributed by atoms with E-state index in [2.05, 4.69) is 15.1 Å². The van der Waals surface area contributed by atoms with Crippen LogP contribution in [0, 0.1) is 20.8 Å². The Balaban J connectivity index is 2.45. The maximum Gasteiger partial charge on any atom is 0.263 e. The van der Waals surface area contributed by atoms with Crippen molar-refractivity contribution in [2.75, 3.05) is 10.1 Å². The predicted molar refractivity (Wildman–Crippen MR) is 83.5 cm³/mol. The van der Waals surface area contributed by atoms with Crippen LogP contribution in [0.3, 0.4) is 0 Å². The van der Waals surface area contributed by atoms with Gasteiger partial charge in [0.2, 0.25) is 0 Å². The molecule has 7 heteroatoms. The second-order valence-corrected chi connectivity index (χ2v) is 6.53. The maximum atomic E-state index is 12.6. The summed E-state index contributed by atoms with van der Waals surface area (Å²) in [5, 5.41) is 0. The zero-order valence-corrected chi connectivity index (χ0v) is 13.0. The van der Waals surface area contributed by atoms with Crippen LogP contribution in [0.15, 0.2) is 35.4 Å². The van der Waals surface area contributed by atoms with Crippen LogP contribution in [0.4, 0.5) is 11.5 Å². The fraction of sp³-hybridized carbons (Fsp3) is 0.214. The van der Waals surface area contributed by atoms with E-state index in [1.54, 1.807) is 44.3 Å². The number of pyridine rings is 1. The number of sulfonamides is 1. The minimum Gasteiger partial charge on any atom is -0.324 e. The number of benzene rings is 1. The molecule has 4 N–H and O–H groups in total. The summed E-state index contributed by atoms with van der Waals surface area (Å²) in [7, 11) is -3.70. The molecule has 0 atom stereocenters. The lowest BCUT2D eigenvalue weighted by Gasteiger charge is -2.14. The number of anilines is 2. The van der Waals surface area contributed by atoms with Gasteiger partial charge in [-0.25, -0.2) is 13.4 Å². The standard InChI is InChI=1S/C14H18N4O2S/c1-9-4-5-16-13(6-9)18-21(19,20)14-10(2)7-12(17-15)8-11(14)3/h4-8,17H,15H2,1-3H3,(H,16,18). The molecule has 0 saturated carbocycles. The zero-order valence-electron chi connectivity index (χ0n) is 12.1. The van der Waals surface area contributed by atoms with Gasteiger partial charge in [0, 0.05) is 11.9 Å². The highest BCUT2D eigenvalue weighted by atomic mass is 32.2. The SMILES string of the molecule is Cc1ccnc(NS(=O)(=O)c2c(C)cc(NN)cc2C)c1. The van der Waals surface area contributed by atoms with E-state index < -0.39 is 10.0 Å². The molecule has 0 radical (unpaired) electrons. The van der Waals surface area contributed by atoms with E-state index in [0.717, 1.165) is 5.56 Å². The first-order valence-corrected chi connectivity index (χ1v) is 7.85. The maximum absolute atomic E-state index is 12.6. The van der Waals surface area contributed by atoms with Gasteiger partial charge in [-0.2, -0.15) is 0 Å². The molecule has 0 aliphatic rings. The fourth-order valence-corrected chi connectivity index (χ4v) is 3.69. The lowest BCUT2D eigenvalue weighted by Crippen LogP contribution is -2.17. The summed E-state index contributed by atoms with van der Waals surface area (Å²) in [5.41, 5.74) is 5.34.